The molecule has 3 rings (SSSR count). The third kappa shape index (κ3) is 2.63. The number of nitrogens with zero attached hydrogens (tertiary/aromatic N) is 1. The van der Waals surface area contributed by atoms with Crippen molar-refractivity contribution in [2.75, 3.05) is 7.11 Å². The lowest BCUT2D eigenvalue weighted by Gasteiger charge is -2.11. The molecule has 0 fully saturated rings. The molecule has 2 aromatic carbocycles. The fraction of sp³-hybridized carbons (Fsp3) is 0.158. The molecule has 0 saturated carbocycles. The van der Waals surface area contributed by atoms with E-state index in [4.69, 9.17) is 9.72 Å². The Kier molecular flexibility index (Phi) is 3.74. The van der Waals surface area contributed by atoms with Gasteiger partial charge in [-0.2, -0.15) is 0 Å². The molecule has 1 heterocycles. The fourth-order valence-electron chi connectivity index (χ4n) is 2.62. The van der Waals surface area contributed by atoms with Crippen molar-refractivity contribution < 1.29 is 14.6 Å². The van der Waals surface area contributed by atoms with E-state index in [1.165, 1.54) is 0 Å². The van der Waals surface area contributed by atoms with Crippen LogP contribution in [0, 0.1) is 13.8 Å². The van der Waals surface area contributed by atoms with E-state index in [9.17, 15) is 9.90 Å². The smallest absolute Gasteiger partial charge is 0.336 e. The maximum Gasteiger partial charge on any atom is 0.336 e. The molecular weight excluding hydrogens is 290 g/mol. The van der Waals surface area contributed by atoms with Crippen molar-refractivity contribution in [3.63, 3.8) is 0 Å². The zero-order chi connectivity index (χ0) is 16.6. The number of methoxy groups -OCH3 is 1. The number of pyridine rings is 1. The molecule has 0 spiro atoms. The van der Waals surface area contributed by atoms with Gasteiger partial charge in [0.1, 0.15) is 5.75 Å². The lowest BCUT2D eigenvalue weighted by molar-refractivity contribution is 0.0699. The lowest BCUT2D eigenvalue weighted by Crippen LogP contribution is -2.02. The first-order valence-electron chi connectivity index (χ1n) is 7.30. The molecule has 116 valence electrons. The molecule has 1 N–H and O–H groups in total. The number of aryl methyl sites for hydroxylation is 2. The number of hydrogen-bond acceptors (Lipinski definition) is 3. The van der Waals surface area contributed by atoms with Gasteiger partial charge in [-0.25, -0.2) is 9.78 Å². The van der Waals surface area contributed by atoms with Gasteiger partial charge in [-0.3, -0.25) is 0 Å². The maximum absolute atomic E-state index is 11.6. The van der Waals surface area contributed by atoms with Crippen molar-refractivity contribution in [3.8, 4) is 17.0 Å². The quantitative estimate of drug-likeness (QED) is 0.787. The van der Waals surface area contributed by atoms with Crippen LogP contribution in [0.5, 0.6) is 5.75 Å². The van der Waals surface area contributed by atoms with E-state index in [-0.39, 0.29) is 5.56 Å². The van der Waals surface area contributed by atoms with Crippen LogP contribution in [-0.2, 0) is 0 Å². The molecule has 1 aromatic heterocycles. The second-order valence-electron chi connectivity index (χ2n) is 5.49. The highest BCUT2D eigenvalue weighted by Crippen LogP contribution is 2.29. The van der Waals surface area contributed by atoms with Crippen LogP contribution in [0.3, 0.4) is 0 Å². The van der Waals surface area contributed by atoms with E-state index in [0.717, 1.165) is 28.0 Å². The van der Waals surface area contributed by atoms with Crippen molar-refractivity contribution in [1.29, 1.82) is 0 Å². The predicted octanol–water partition coefficient (Wildman–Crippen LogP) is 4.23. The molecule has 0 aliphatic carbocycles. The molecule has 0 radical (unpaired) electrons. The summed E-state index contributed by atoms with van der Waals surface area (Å²) in [5, 5.41) is 10.2. The minimum Gasteiger partial charge on any atom is -0.497 e. The first-order chi connectivity index (χ1) is 11.0. The van der Waals surface area contributed by atoms with Gasteiger partial charge < -0.3 is 9.84 Å². The minimum absolute atomic E-state index is 0.268. The summed E-state index contributed by atoms with van der Waals surface area (Å²) in [6.07, 6.45) is 0. The Bertz CT molecular complexity index is 899. The summed E-state index contributed by atoms with van der Waals surface area (Å²) in [6.45, 7) is 3.96. The van der Waals surface area contributed by atoms with Crippen LogP contribution in [0.4, 0.5) is 0 Å². The van der Waals surface area contributed by atoms with Gasteiger partial charge in [-0.1, -0.05) is 12.1 Å². The summed E-state index contributed by atoms with van der Waals surface area (Å²) in [5.41, 5.74) is 4.59. The highest BCUT2D eigenvalue weighted by Gasteiger charge is 2.15. The van der Waals surface area contributed by atoms with Gasteiger partial charge in [0.2, 0.25) is 0 Å². The summed E-state index contributed by atoms with van der Waals surface area (Å²) in [4.78, 5) is 16.3. The van der Waals surface area contributed by atoms with Crippen LogP contribution in [-0.4, -0.2) is 23.2 Å². The number of ether oxygens (including phenoxy) is 1. The molecule has 4 heteroatoms. The topological polar surface area (TPSA) is 59.4 Å². The standard InChI is InChI=1S/C19H17NO3/c1-11-4-9-15-16(19(21)22)10-17(20-18(15)12(11)2)13-5-7-14(23-3)8-6-13/h4-10H,1-3H3,(H,21,22). The highest BCUT2D eigenvalue weighted by atomic mass is 16.5. The number of rotatable bonds is 3. The Hall–Kier alpha value is -2.88. The SMILES string of the molecule is COc1ccc(-c2cc(C(=O)O)c3ccc(C)c(C)c3n2)cc1. The number of fused-ring (bicyclic) bond motifs is 1. The Morgan fingerprint density at radius 2 is 1.78 bits per heavy atom. The van der Waals surface area contributed by atoms with Crippen LogP contribution >= 0.6 is 0 Å². The Balaban J connectivity index is 2.28. The predicted molar refractivity (Wildman–Crippen MR) is 90.2 cm³/mol. The van der Waals surface area contributed by atoms with Gasteiger partial charge >= 0.3 is 5.97 Å². The zero-order valence-electron chi connectivity index (χ0n) is 13.3. The summed E-state index contributed by atoms with van der Waals surface area (Å²) in [7, 11) is 1.61. The average molecular weight is 307 g/mol. The van der Waals surface area contributed by atoms with Crippen molar-refractivity contribution in [3.05, 3.63) is 59.2 Å². The normalized spacial score (nSPS) is 10.7. The van der Waals surface area contributed by atoms with Crippen LogP contribution in [0.2, 0.25) is 0 Å². The molecule has 0 atom stereocenters. The number of carboxylic acids is 1. The van der Waals surface area contributed by atoms with Crippen molar-refractivity contribution in [1.82, 2.24) is 4.98 Å². The molecule has 4 nitrogen and oxygen atoms in total. The second kappa shape index (κ2) is 5.72. The van der Waals surface area contributed by atoms with Crippen molar-refractivity contribution in [2.45, 2.75) is 13.8 Å². The summed E-state index contributed by atoms with van der Waals surface area (Å²) in [6, 6.07) is 12.8. The van der Waals surface area contributed by atoms with Gasteiger partial charge in [-0.05, 0) is 55.3 Å². The third-order valence-electron chi connectivity index (χ3n) is 4.12. The van der Waals surface area contributed by atoms with Crippen molar-refractivity contribution in [2.24, 2.45) is 0 Å². The molecule has 3 aromatic rings. The molecular formula is C19H17NO3. The Labute approximate surface area is 134 Å². The monoisotopic (exact) mass is 307 g/mol. The molecule has 0 aliphatic heterocycles. The zero-order valence-corrected chi connectivity index (χ0v) is 13.3. The minimum atomic E-state index is -0.949. The first kappa shape index (κ1) is 15.0. The number of benzene rings is 2. The largest absolute Gasteiger partial charge is 0.497 e. The number of carboxylic acid groups (broad SMARTS) is 1. The molecule has 0 bridgehead atoms. The van der Waals surface area contributed by atoms with E-state index in [2.05, 4.69) is 0 Å². The fourth-order valence-corrected chi connectivity index (χ4v) is 2.62. The third-order valence-corrected chi connectivity index (χ3v) is 4.12. The summed E-state index contributed by atoms with van der Waals surface area (Å²) in [5.74, 6) is -0.199. The van der Waals surface area contributed by atoms with Crippen LogP contribution in [0.1, 0.15) is 21.5 Å². The van der Waals surface area contributed by atoms with E-state index < -0.39 is 5.97 Å². The van der Waals surface area contributed by atoms with Gasteiger partial charge in [0.25, 0.3) is 0 Å². The molecule has 0 amide bonds. The van der Waals surface area contributed by atoms with Crippen LogP contribution in [0.25, 0.3) is 22.2 Å². The van der Waals surface area contributed by atoms with E-state index in [0.29, 0.717) is 11.1 Å². The van der Waals surface area contributed by atoms with E-state index in [1.807, 2.05) is 50.2 Å². The Morgan fingerprint density at radius 1 is 1.09 bits per heavy atom. The van der Waals surface area contributed by atoms with Gasteiger partial charge in [0.05, 0.1) is 23.9 Å². The molecule has 0 aliphatic rings. The number of hydrogen-bond donors (Lipinski definition) is 1. The summed E-state index contributed by atoms with van der Waals surface area (Å²) < 4.78 is 5.16. The second-order valence-corrected chi connectivity index (χ2v) is 5.49. The van der Waals surface area contributed by atoms with E-state index in [1.54, 1.807) is 13.2 Å². The van der Waals surface area contributed by atoms with Crippen molar-refractivity contribution >= 4 is 16.9 Å². The lowest BCUT2D eigenvalue weighted by atomic mass is 9.99. The number of aromatic nitrogens is 1. The highest BCUT2D eigenvalue weighted by molar-refractivity contribution is 6.04. The number of carbonyl (C=O) groups is 1. The maximum atomic E-state index is 11.6. The Morgan fingerprint density at radius 3 is 2.39 bits per heavy atom. The molecule has 0 unspecified atom stereocenters. The van der Waals surface area contributed by atoms with Gasteiger partial charge in [-0.15, -0.1) is 0 Å². The first-order valence-corrected chi connectivity index (χ1v) is 7.30. The van der Waals surface area contributed by atoms with Crippen LogP contribution < -0.4 is 4.74 Å². The van der Waals surface area contributed by atoms with E-state index >= 15 is 0 Å². The summed E-state index contributed by atoms with van der Waals surface area (Å²) >= 11 is 0. The average Bonchev–Trinajstić information content (AvgIpc) is 2.57. The van der Waals surface area contributed by atoms with Gasteiger partial charge in [0.15, 0.2) is 0 Å². The van der Waals surface area contributed by atoms with Crippen LogP contribution in [0.15, 0.2) is 42.5 Å². The van der Waals surface area contributed by atoms with Gasteiger partial charge in [0, 0.05) is 10.9 Å². The molecule has 23 heavy (non-hydrogen) atoms. The number of aromatic carboxylic acids is 1. The molecule has 0 saturated heterocycles.